The molecule has 2 aliphatic rings. The van der Waals surface area contributed by atoms with Crippen molar-refractivity contribution in [2.45, 2.75) is 50.8 Å². The third kappa shape index (κ3) is 2.06. The van der Waals surface area contributed by atoms with E-state index in [9.17, 15) is 14.3 Å². The molecule has 0 aliphatic carbocycles. The predicted octanol–water partition coefficient (Wildman–Crippen LogP) is 1.84. The van der Waals surface area contributed by atoms with Crippen LogP contribution < -0.4 is 5.73 Å². The first-order valence-corrected chi connectivity index (χ1v) is 7.03. The summed E-state index contributed by atoms with van der Waals surface area (Å²) in [6.07, 6.45) is 2.60. The lowest BCUT2D eigenvalue weighted by Gasteiger charge is -2.37. The third-order valence-electron chi connectivity index (χ3n) is 4.45. The van der Waals surface area contributed by atoms with Crippen molar-refractivity contribution in [2.24, 2.45) is 0 Å². The molecular formula is C15H19FN2O2. The van der Waals surface area contributed by atoms with Gasteiger partial charge in [0.05, 0.1) is 11.7 Å². The maximum Gasteiger partial charge on any atom is 0.257 e. The van der Waals surface area contributed by atoms with Gasteiger partial charge in [0.1, 0.15) is 5.82 Å². The minimum absolute atomic E-state index is 0.0254. The van der Waals surface area contributed by atoms with Gasteiger partial charge in [0.25, 0.3) is 5.91 Å². The highest BCUT2D eigenvalue weighted by Gasteiger charge is 2.43. The fourth-order valence-corrected chi connectivity index (χ4v) is 3.57. The van der Waals surface area contributed by atoms with E-state index in [1.807, 2.05) is 0 Å². The number of nitrogen functional groups attached to an aromatic ring is 1. The number of aryl methyl sites for hydroxylation is 1. The average molecular weight is 278 g/mol. The summed E-state index contributed by atoms with van der Waals surface area (Å²) in [5.74, 6) is -0.785. The number of hydrogen-bond acceptors (Lipinski definition) is 3. The van der Waals surface area contributed by atoms with Gasteiger partial charge < -0.3 is 15.7 Å². The molecule has 0 saturated carbocycles. The number of amides is 1. The molecule has 2 aliphatic heterocycles. The second kappa shape index (κ2) is 4.74. The van der Waals surface area contributed by atoms with Crippen LogP contribution in [0.5, 0.6) is 0 Å². The number of benzene rings is 1. The summed E-state index contributed by atoms with van der Waals surface area (Å²) < 4.78 is 14.2. The Balaban J connectivity index is 1.94. The van der Waals surface area contributed by atoms with Gasteiger partial charge in [0.2, 0.25) is 0 Å². The molecular weight excluding hydrogens is 259 g/mol. The van der Waals surface area contributed by atoms with Gasteiger partial charge in [-0.15, -0.1) is 0 Å². The smallest absolute Gasteiger partial charge is 0.257 e. The van der Waals surface area contributed by atoms with E-state index in [-0.39, 0.29) is 29.7 Å². The van der Waals surface area contributed by atoms with Crippen molar-refractivity contribution >= 4 is 11.6 Å². The molecule has 0 spiro atoms. The number of hydrogen-bond donors (Lipinski definition) is 2. The Hall–Kier alpha value is -1.62. The molecule has 2 bridgehead atoms. The maximum atomic E-state index is 14.2. The van der Waals surface area contributed by atoms with Crippen molar-refractivity contribution in [3.05, 3.63) is 29.1 Å². The molecule has 2 saturated heterocycles. The van der Waals surface area contributed by atoms with Crippen LogP contribution in [-0.4, -0.2) is 34.1 Å². The van der Waals surface area contributed by atoms with Crippen LogP contribution in [0.4, 0.5) is 10.1 Å². The maximum absolute atomic E-state index is 14.2. The first kappa shape index (κ1) is 13.4. The minimum Gasteiger partial charge on any atom is -0.399 e. The highest BCUT2D eigenvalue weighted by Crippen LogP contribution is 2.37. The molecule has 2 heterocycles. The van der Waals surface area contributed by atoms with Gasteiger partial charge in [0.15, 0.2) is 0 Å². The number of rotatable bonds is 1. The Bertz CT molecular complexity index is 547. The lowest BCUT2D eigenvalue weighted by atomic mass is 9.98. The van der Waals surface area contributed by atoms with E-state index in [2.05, 4.69) is 0 Å². The summed E-state index contributed by atoms with van der Waals surface area (Å²) >= 11 is 0. The standard InChI is InChI=1S/C15H19FN2O2/c1-8-4-9(17)5-13(14(8)16)15(20)18-10-2-3-11(18)7-12(19)6-10/h4-5,10-12,19H,2-3,6-7,17H2,1H3. The van der Waals surface area contributed by atoms with Crippen LogP contribution in [0.15, 0.2) is 12.1 Å². The molecule has 1 aromatic carbocycles. The van der Waals surface area contributed by atoms with E-state index < -0.39 is 5.82 Å². The highest BCUT2D eigenvalue weighted by atomic mass is 19.1. The summed E-state index contributed by atoms with van der Waals surface area (Å²) in [6.45, 7) is 1.61. The molecule has 1 amide bonds. The number of aliphatic hydroxyl groups is 1. The van der Waals surface area contributed by atoms with Crippen LogP contribution in [0, 0.1) is 12.7 Å². The van der Waals surface area contributed by atoms with Crippen LogP contribution in [0.1, 0.15) is 41.6 Å². The van der Waals surface area contributed by atoms with Gasteiger partial charge in [-0.2, -0.15) is 0 Å². The van der Waals surface area contributed by atoms with Gasteiger partial charge in [0, 0.05) is 17.8 Å². The van der Waals surface area contributed by atoms with Crippen molar-refractivity contribution in [1.82, 2.24) is 4.90 Å². The Morgan fingerprint density at radius 3 is 2.55 bits per heavy atom. The molecule has 0 radical (unpaired) electrons. The Labute approximate surface area is 117 Å². The van der Waals surface area contributed by atoms with Gasteiger partial charge in [-0.25, -0.2) is 4.39 Å². The normalized spacial score (nSPS) is 28.8. The number of piperidine rings is 1. The Kier molecular flexibility index (Phi) is 3.17. The molecule has 2 atom stereocenters. The molecule has 5 heteroatoms. The lowest BCUT2D eigenvalue weighted by Crippen LogP contribution is -2.48. The monoisotopic (exact) mass is 278 g/mol. The first-order valence-electron chi connectivity index (χ1n) is 7.03. The second-order valence-electron chi connectivity index (χ2n) is 5.92. The number of halogens is 1. The highest BCUT2D eigenvalue weighted by molar-refractivity contribution is 5.96. The van der Waals surface area contributed by atoms with E-state index in [0.29, 0.717) is 24.1 Å². The second-order valence-corrected chi connectivity index (χ2v) is 5.92. The van der Waals surface area contributed by atoms with Gasteiger partial charge >= 0.3 is 0 Å². The molecule has 2 fully saturated rings. The van der Waals surface area contributed by atoms with Crippen LogP contribution in [-0.2, 0) is 0 Å². The number of carbonyl (C=O) groups excluding carboxylic acids is 1. The molecule has 3 rings (SSSR count). The number of fused-ring (bicyclic) bond motifs is 2. The van der Waals surface area contributed by atoms with Crippen molar-refractivity contribution in [3.63, 3.8) is 0 Å². The zero-order valence-electron chi connectivity index (χ0n) is 11.5. The summed E-state index contributed by atoms with van der Waals surface area (Å²) in [7, 11) is 0. The fraction of sp³-hybridized carbons (Fsp3) is 0.533. The van der Waals surface area contributed by atoms with Gasteiger partial charge in [-0.1, -0.05) is 0 Å². The van der Waals surface area contributed by atoms with Crippen molar-refractivity contribution in [3.8, 4) is 0 Å². The molecule has 3 N–H and O–H groups in total. The van der Waals surface area contributed by atoms with Crippen LogP contribution in [0.3, 0.4) is 0 Å². The summed E-state index contributed by atoms with van der Waals surface area (Å²) in [5.41, 5.74) is 6.56. The topological polar surface area (TPSA) is 66.6 Å². The Morgan fingerprint density at radius 2 is 1.95 bits per heavy atom. The summed E-state index contributed by atoms with van der Waals surface area (Å²) in [6, 6.07) is 2.99. The van der Waals surface area contributed by atoms with E-state index in [0.717, 1.165) is 12.8 Å². The van der Waals surface area contributed by atoms with E-state index in [1.54, 1.807) is 11.8 Å². The van der Waals surface area contributed by atoms with E-state index in [1.165, 1.54) is 12.1 Å². The van der Waals surface area contributed by atoms with E-state index >= 15 is 0 Å². The summed E-state index contributed by atoms with van der Waals surface area (Å²) in [4.78, 5) is 14.4. The quantitative estimate of drug-likeness (QED) is 0.770. The van der Waals surface area contributed by atoms with Crippen molar-refractivity contribution in [1.29, 1.82) is 0 Å². The van der Waals surface area contributed by atoms with Gasteiger partial charge in [-0.3, -0.25) is 4.79 Å². The molecule has 4 nitrogen and oxygen atoms in total. The van der Waals surface area contributed by atoms with E-state index in [4.69, 9.17) is 5.73 Å². The SMILES string of the molecule is Cc1cc(N)cc(C(=O)N2C3CCC2CC(O)C3)c1F. The number of nitrogens with two attached hydrogens (primary N) is 1. The average Bonchev–Trinajstić information content (AvgIpc) is 2.65. The largest absolute Gasteiger partial charge is 0.399 e. The lowest BCUT2D eigenvalue weighted by molar-refractivity contribution is 0.0283. The van der Waals surface area contributed by atoms with Gasteiger partial charge in [-0.05, 0) is 50.3 Å². The van der Waals surface area contributed by atoms with Crippen molar-refractivity contribution < 1.29 is 14.3 Å². The molecule has 1 aromatic rings. The zero-order valence-corrected chi connectivity index (χ0v) is 11.5. The summed E-state index contributed by atoms with van der Waals surface area (Å²) in [5, 5.41) is 9.77. The number of carbonyl (C=O) groups is 1. The van der Waals surface area contributed by atoms with Crippen LogP contribution >= 0.6 is 0 Å². The molecule has 108 valence electrons. The molecule has 20 heavy (non-hydrogen) atoms. The Morgan fingerprint density at radius 1 is 1.35 bits per heavy atom. The number of aliphatic hydroxyl groups excluding tert-OH is 1. The third-order valence-corrected chi connectivity index (χ3v) is 4.45. The minimum atomic E-state index is -0.491. The van der Waals surface area contributed by atoms with Crippen LogP contribution in [0.2, 0.25) is 0 Å². The van der Waals surface area contributed by atoms with Crippen molar-refractivity contribution in [2.75, 3.05) is 5.73 Å². The zero-order chi connectivity index (χ0) is 14.4. The predicted molar refractivity (Wildman–Crippen MR) is 73.8 cm³/mol. The first-order chi connectivity index (χ1) is 9.47. The van der Waals surface area contributed by atoms with Crippen LogP contribution in [0.25, 0.3) is 0 Å². The molecule has 2 unspecified atom stereocenters. The number of nitrogens with zero attached hydrogens (tertiary/aromatic N) is 1. The fourth-order valence-electron chi connectivity index (χ4n) is 3.57. The molecule has 0 aromatic heterocycles. The number of anilines is 1.